The summed E-state index contributed by atoms with van der Waals surface area (Å²) in [5.74, 6) is 1.47. The fraction of sp³-hybridized carbons (Fsp3) is 1.00. The average molecular weight is 158 g/mol. The molecule has 2 atom stereocenters. The highest BCUT2D eigenvalue weighted by atomic mass is 16.5. The molecule has 0 radical (unpaired) electrons. The van der Waals surface area contributed by atoms with Crippen LogP contribution in [-0.2, 0) is 4.74 Å². The van der Waals surface area contributed by atoms with Crippen LogP contribution in [0.15, 0.2) is 0 Å². The monoisotopic (exact) mass is 158 g/mol. The molecule has 0 unspecified atom stereocenters. The topological polar surface area (TPSA) is 29.5 Å². The summed E-state index contributed by atoms with van der Waals surface area (Å²) in [6.07, 6.45) is 2.92. The first-order valence-electron chi connectivity index (χ1n) is 4.48. The normalized spacial score (nSPS) is 30.5. The molecule has 2 nitrogen and oxygen atoms in total. The molecule has 0 aromatic rings. The van der Waals surface area contributed by atoms with Crippen LogP contribution < -0.4 is 0 Å². The number of ether oxygens (including phenoxy) is 1. The predicted molar refractivity (Wildman–Crippen MR) is 44.4 cm³/mol. The van der Waals surface area contributed by atoms with Crippen molar-refractivity contribution in [2.45, 2.75) is 32.8 Å². The molecule has 1 aliphatic carbocycles. The molecule has 0 aliphatic heterocycles. The molecular weight excluding hydrogens is 140 g/mol. The first-order valence-corrected chi connectivity index (χ1v) is 4.48. The molecule has 0 spiro atoms. The van der Waals surface area contributed by atoms with Crippen LogP contribution in [0, 0.1) is 11.8 Å². The summed E-state index contributed by atoms with van der Waals surface area (Å²) in [5.41, 5.74) is 0. The lowest BCUT2D eigenvalue weighted by Gasteiger charge is -2.39. The lowest BCUT2D eigenvalue weighted by atomic mass is 9.74. The zero-order chi connectivity index (χ0) is 8.27. The molecule has 2 heteroatoms. The van der Waals surface area contributed by atoms with Crippen LogP contribution in [0.1, 0.15) is 26.7 Å². The van der Waals surface area contributed by atoms with Gasteiger partial charge in [-0.05, 0) is 24.7 Å². The van der Waals surface area contributed by atoms with Gasteiger partial charge in [-0.3, -0.25) is 0 Å². The maximum Gasteiger partial charge on any atom is 0.0701 e. The van der Waals surface area contributed by atoms with Gasteiger partial charge in [0, 0.05) is 0 Å². The van der Waals surface area contributed by atoms with Crippen molar-refractivity contribution in [2.24, 2.45) is 11.8 Å². The van der Waals surface area contributed by atoms with Gasteiger partial charge in [0.2, 0.25) is 0 Å². The molecule has 66 valence electrons. The lowest BCUT2D eigenvalue weighted by Crippen LogP contribution is -2.38. The smallest absolute Gasteiger partial charge is 0.0701 e. The highest BCUT2D eigenvalue weighted by molar-refractivity contribution is 4.83. The summed E-state index contributed by atoms with van der Waals surface area (Å²) in [6, 6.07) is 0. The van der Waals surface area contributed by atoms with E-state index in [0.29, 0.717) is 12.7 Å². The van der Waals surface area contributed by atoms with Gasteiger partial charge in [0.25, 0.3) is 0 Å². The fourth-order valence-electron chi connectivity index (χ4n) is 1.67. The van der Waals surface area contributed by atoms with E-state index >= 15 is 0 Å². The molecule has 1 fully saturated rings. The molecule has 1 aliphatic rings. The van der Waals surface area contributed by atoms with Crippen LogP contribution in [0.2, 0.25) is 0 Å². The van der Waals surface area contributed by atoms with E-state index in [-0.39, 0.29) is 6.61 Å². The van der Waals surface area contributed by atoms with Crippen molar-refractivity contribution in [3.05, 3.63) is 0 Å². The Morgan fingerprint density at radius 3 is 2.55 bits per heavy atom. The summed E-state index contributed by atoms with van der Waals surface area (Å²) in [5, 5.41) is 8.53. The third-order valence-electron chi connectivity index (χ3n) is 2.54. The summed E-state index contributed by atoms with van der Waals surface area (Å²) in [6.45, 7) is 5.13. The third-order valence-corrected chi connectivity index (χ3v) is 2.54. The van der Waals surface area contributed by atoms with Gasteiger partial charge >= 0.3 is 0 Å². The largest absolute Gasteiger partial charge is 0.394 e. The number of rotatable bonds is 4. The van der Waals surface area contributed by atoms with Crippen LogP contribution >= 0.6 is 0 Å². The Bertz CT molecular complexity index is 112. The molecular formula is C9H18O2. The average Bonchev–Trinajstić information content (AvgIpc) is 1.84. The summed E-state index contributed by atoms with van der Waals surface area (Å²) >= 11 is 0. The molecule has 11 heavy (non-hydrogen) atoms. The Balaban J connectivity index is 2.15. The quantitative estimate of drug-likeness (QED) is 0.670. The van der Waals surface area contributed by atoms with E-state index in [0.717, 1.165) is 11.8 Å². The van der Waals surface area contributed by atoms with Crippen LogP contribution in [0.4, 0.5) is 0 Å². The van der Waals surface area contributed by atoms with Crippen molar-refractivity contribution in [2.75, 3.05) is 13.2 Å². The van der Waals surface area contributed by atoms with Gasteiger partial charge in [0.1, 0.15) is 0 Å². The van der Waals surface area contributed by atoms with Crippen LogP contribution in [-0.4, -0.2) is 24.4 Å². The van der Waals surface area contributed by atoms with E-state index in [4.69, 9.17) is 9.84 Å². The third kappa shape index (κ3) is 2.17. The van der Waals surface area contributed by atoms with Crippen molar-refractivity contribution in [3.8, 4) is 0 Å². The van der Waals surface area contributed by atoms with Crippen LogP contribution in [0.5, 0.6) is 0 Å². The molecule has 1 saturated carbocycles. The van der Waals surface area contributed by atoms with Gasteiger partial charge in [-0.15, -0.1) is 0 Å². The SMILES string of the molecule is CC(C)[C@@H]1CC[C@H]1OCCO. The Morgan fingerprint density at radius 2 is 2.18 bits per heavy atom. The Hall–Kier alpha value is -0.0800. The number of aliphatic hydroxyl groups excluding tert-OH is 1. The molecule has 1 N–H and O–H groups in total. The van der Waals surface area contributed by atoms with E-state index in [1.807, 2.05) is 0 Å². The maximum atomic E-state index is 8.53. The molecule has 0 heterocycles. The summed E-state index contributed by atoms with van der Waals surface area (Å²) < 4.78 is 5.45. The van der Waals surface area contributed by atoms with Gasteiger partial charge < -0.3 is 9.84 Å². The minimum Gasteiger partial charge on any atom is -0.394 e. The minimum atomic E-state index is 0.154. The lowest BCUT2D eigenvalue weighted by molar-refractivity contribution is -0.0720. The highest BCUT2D eigenvalue weighted by Crippen LogP contribution is 2.35. The Labute approximate surface area is 68.6 Å². The van der Waals surface area contributed by atoms with Crippen LogP contribution in [0.3, 0.4) is 0 Å². The van der Waals surface area contributed by atoms with Crippen molar-refractivity contribution >= 4 is 0 Å². The molecule has 0 aromatic heterocycles. The second-order valence-corrected chi connectivity index (χ2v) is 3.62. The summed E-state index contributed by atoms with van der Waals surface area (Å²) in [4.78, 5) is 0. The van der Waals surface area contributed by atoms with Gasteiger partial charge in [-0.25, -0.2) is 0 Å². The predicted octanol–water partition coefficient (Wildman–Crippen LogP) is 1.43. The van der Waals surface area contributed by atoms with E-state index in [9.17, 15) is 0 Å². The molecule has 1 rings (SSSR count). The number of hydrogen-bond donors (Lipinski definition) is 1. The van der Waals surface area contributed by atoms with E-state index in [1.54, 1.807) is 0 Å². The highest BCUT2D eigenvalue weighted by Gasteiger charge is 2.33. The van der Waals surface area contributed by atoms with Gasteiger partial charge in [0.15, 0.2) is 0 Å². The standard InChI is InChI=1S/C9H18O2/c1-7(2)8-3-4-9(8)11-6-5-10/h7-10H,3-6H2,1-2H3/t8-,9+/m0/s1. The van der Waals surface area contributed by atoms with Gasteiger partial charge in [-0.2, -0.15) is 0 Å². The van der Waals surface area contributed by atoms with Crippen molar-refractivity contribution < 1.29 is 9.84 Å². The van der Waals surface area contributed by atoms with Crippen molar-refractivity contribution in [1.29, 1.82) is 0 Å². The van der Waals surface area contributed by atoms with Crippen LogP contribution in [0.25, 0.3) is 0 Å². The second kappa shape index (κ2) is 4.07. The first kappa shape index (κ1) is 9.01. The number of aliphatic hydroxyl groups is 1. The first-order chi connectivity index (χ1) is 5.25. The molecule has 0 bridgehead atoms. The minimum absolute atomic E-state index is 0.154. The second-order valence-electron chi connectivity index (χ2n) is 3.62. The van der Waals surface area contributed by atoms with E-state index < -0.39 is 0 Å². The fourth-order valence-corrected chi connectivity index (χ4v) is 1.67. The van der Waals surface area contributed by atoms with E-state index in [1.165, 1.54) is 12.8 Å². The zero-order valence-electron chi connectivity index (χ0n) is 7.42. The Kier molecular flexibility index (Phi) is 3.34. The summed E-state index contributed by atoms with van der Waals surface area (Å²) in [7, 11) is 0. The van der Waals surface area contributed by atoms with Gasteiger partial charge in [0.05, 0.1) is 19.3 Å². The van der Waals surface area contributed by atoms with Crippen molar-refractivity contribution in [3.63, 3.8) is 0 Å². The molecule has 0 aromatic carbocycles. The molecule has 0 saturated heterocycles. The van der Waals surface area contributed by atoms with Crippen molar-refractivity contribution in [1.82, 2.24) is 0 Å². The van der Waals surface area contributed by atoms with Gasteiger partial charge in [-0.1, -0.05) is 13.8 Å². The maximum absolute atomic E-state index is 8.53. The number of hydrogen-bond acceptors (Lipinski definition) is 2. The molecule has 0 amide bonds. The Morgan fingerprint density at radius 1 is 1.45 bits per heavy atom. The van der Waals surface area contributed by atoms with E-state index in [2.05, 4.69) is 13.8 Å². The zero-order valence-corrected chi connectivity index (χ0v) is 7.42.